The molecule has 1 atom stereocenters. The highest BCUT2D eigenvalue weighted by molar-refractivity contribution is 6.31. The first kappa shape index (κ1) is 23.1. The normalized spacial score (nSPS) is 16.1. The number of anilines is 1. The van der Waals surface area contributed by atoms with Crippen LogP contribution < -0.4 is 10.1 Å². The summed E-state index contributed by atoms with van der Waals surface area (Å²) < 4.78 is 11.4. The number of piperidine rings is 1. The van der Waals surface area contributed by atoms with Crippen LogP contribution >= 0.6 is 11.6 Å². The van der Waals surface area contributed by atoms with Gasteiger partial charge >= 0.3 is 0 Å². The number of carbonyl (C=O) groups excluding carboxylic acids is 1. The topological polar surface area (TPSA) is 80.5 Å². The molecule has 1 aliphatic rings. The second-order valence-corrected chi connectivity index (χ2v) is 8.93. The van der Waals surface area contributed by atoms with Gasteiger partial charge in [-0.05, 0) is 49.7 Å². The molecule has 0 spiro atoms. The minimum Gasteiger partial charge on any atom is -0.455 e. The number of ether oxygens (including phenoxy) is 1. The van der Waals surface area contributed by atoms with Crippen LogP contribution in [-0.2, 0) is 11.3 Å². The fourth-order valence-electron chi connectivity index (χ4n) is 4.17. The van der Waals surface area contributed by atoms with Gasteiger partial charge in [-0.15, -0.1) is 0 Å². The van der Waals surface area contributed by atoms with Crippen LogP contribution in [-0.4, -0.2) is 34.0 Å². The Balaban J connectivity index is 1.23. The van der Waals surface area contributed by atoms with Crippen LogP contribution in [0.4, 0.5) is 5.69 Å². The maximum absolute atomic E-state index is 13.2. The first-order chi connectivity index (χ1) is 17.1. The van der Waals surface area contributed by atoms with Crippen molar-refractivity contribution in [3.63, 3.8) is 0 Å². The summed E-state index contributed by atoms with van der Waals surface area (Å²) in [5.41, 5.74) is 1.46. The minimum absolute atomic E-state index is 0.0645. The molecule has 8 heteroatoms. The monoisotopic (exact) mass is 488 g/mol. The molecule has 1 aliphatic heterocycles. The van der Waals surface area contributed by atoms with E-state index < -0.39 is 0 Å². The molecule has 3 aromatic carbocycles. The first-order valence-electron chi connectivity index (χ1n) is 11.6. The SMILES string of the molecule is O=C(Nc1cc(Cl)ccc1Oc1ccccc1)C1CCCN(Cc2nc(-c3ccccc3)no2)C1. The number of halogens is 1. The number of carbonyl (C=O) groups is 1. The lowest BCUT2D eigenvalue weighted by atomic mass is 9.97. The Kier molecular flexibility index (Phi) is 7.07. The number of hydrogen-bond donors (Lipinski definition) is 1. The van der Waals surface area contributed by atoms with Crippen molar-refractivity contribution in [2.75, 3.05) is 18.4 Å². The van der Waals surface area contributed by atoms with Gasteiger partial charge in [0.15, 0.2) is 5.75 Å². The van der Waals surface area contributed by atoms with E-state index in [0.717, 1.165) is 24.9 Å². The highest BCUT2D eigenvalue weighted by Gasteiger charge is 2.27. The van der Waals surface area contributed by atoms with Gasteiger partial charge in [-0.2, -0.15) is 4.98 Å². The van der Waals surface area contributed by atoms with Crippen molar-refractivity contribution < 1.29 is 14.1 Å². The van der Waals surface area contributed by atoms with E-state index in [-0.39, 0.29) is 11.8 Å². The van der Waals surface area contributed by atoms with Gasteiger partial charge in [0.05, 0.1) is 18.2 Å². The molecule has 2 heterocycles. The van der Waals surface area contributed by atoms with Gasteiger partial charge in [-0.25, -0.2) is 0 Å². The number of aromatic nitrogens is 2. The molecule has 4 aromatic rings. The molecule has 1 N–H and O–H groups in total. The van der Waals surface area contributed by atoms with Gasteiger partial charge in [0.2, 0.25) is 17.6 Å². The third kappa shape index (κ3) is 5.88. The van der Waals surface area contributed by atoms with Crippen LogP contribution in [0.3, 0.4) is 0 Å². The first-order valence-corrected chi connectivity index (χ1v) is 12.0. The maximum atomic E-state index is 13.2. The summed E-state index contributed by atoms with van der Waals surface area (Å²) in [7, 11) is 0. The molecular weight excluding hydrogens is 464 g/mol. The van der Waals surface area contributed by atoms with Crippen LogP contribution in [0, 0.1) is 5.92 Å². The van der Waals surface area contributed by atoms with Gasteiger partial charge in [-0.3, -0.25) is 9.69 Å². The molecular formula is C27H25ClN4O3. The molecule has 35 heavy (non-hydrogen) atoms. The predicted octanol–water partition coefficient (Wildman–Crippen LogP) is 6.03. The van der Waals surface area contributed by atoms with Crippen LogP contribution in [0.25, 0.3) is 11.4 Å². The average molecular weight is 489 g/mol. The molecule has 0 saturated carbocycles. The van der Waals surface area contributed by atoms with E-state index in [2.05, 4.69) is 20.4 Å². The Hall–Kier alpha value is -3.68. The Morgan fingerprint density at radius 3 is 2.66 bits per heavy atom. The van der Waals surface area contributed by atoms with Gasteiger partial charge < -0.3 is 14.6 Å². The maximum Gasteiger partial charge on any atom is 0.241 e. The van der Waals surface area contributed by atoms with Crippen LogP contribution in [0.15, 0.2) is 83.4 Å². The Labute approximate surface area is 208 Å². The number of likely N-dealkylation sites (tertiary alicyclic amines) is 1. The summed E-state index contributed by atoms with van der Waals surface area (Å²) in [4.78, 5) is 19.9. The summed E-state index contributed by atoms with van der Waals surface area (Å²) in [5, 5.41) is 7.65. The lowest BCUT2D eigenvalue weighted by molar-refractivity contribution is -0.121. The van der Waals surface area contributed by atoms with E-state index in [0.29, 0.717) is 47.0 Å². The zero-order valence-electron chi connectivity index (χ0n) is 19.1. The molecule has 1 saturated heterocycles. The molecule has 178 valence electrons. The standard InChI is InChI=1S/C27H25ClN4O3/c28-21-13-14-24(34-22-11-5-2-6-12-22)23(16-21)29-27(33)20-10-7-15-32(17-20)18-25-30-26(31-35-25)19-8-3-1-4-9-19/h1-6,8-9,11-14,16,20H,7,10,15,17-18H2,(H,29,33). The van der Waals surface area contributed by atoms with Crippen LogP contribution in [0.5, 0.6) is 11.5 Å². The van der Waals surface area contributed by atoms with Gasteiger partial charge in [0.1, 0.15) is 5.75 Å². The van der Waals surface area contributed by atoms with Crippen molar-refractivity contribution >= 4 is 23.2 Å². The zero-order valence-corrected chi connectivity index (χ0v) is 19.8. The Morgan fingerprint density at radius 1 is 1.09 bits per heavy atom. The molecule has 0 aliphatic carbocycles. The number of rotatable bonds is 7. The molecule has 1 amide bonds. The quantitative estimate of drug-likeness (QED) is 0.342. The molecule has 7 nitrogen and oxygen atoms in total. The highest BCUT2D eigenvalue weighted by Crippen LogP contribution is 2.33. The fraction of sp³-hybridized carbons (Fsp3) is 0.222. The van der Waals surface area contributed by atoms with E-state index in [1.807, 2.05) is 60.7 Å². The van der Waals surface area contributed by atoms with Gasteiger partial charge in [0.25, 0.3) is 0 Å². The third-order valence-corrected chi connectivity index (χ3v) is 6.14. The summed E-state index contributed by atoms with van der Waals surface area (Å²) in [5.74, 6) is 2.09. The summed E-state index contributed by atoms with van der Waals surface area (Å²) in [6.45, 7) is 1.97. The van der Waals surface area contributed by atoms with Crippen molar-refractivity contribution in [2.45, 2.75) is 19.4 Å². The number of para-hydroxylation sites is 1. The van der Waals surface area contributed by atoms with Crippen molar-refractivity contribution in [2.24, 2.45) is 5.92 Å². The van der Waals surface area contributed by atoms with Gasteiger partial charge in [0, 0.05) is 17.1 Å². The highest BCUT2D eigenvalue weighted by atomic mass is 35.5. The van der Waals surface area contributed by atoms with E-state index in [9.17, 15) is 4.79 Å². The van der Waals surface area contributed by atoms with Crippen molar-refractivity contribution in [3.05, 3.63) is 89.8 Å². The second-order valence-electron chi connectivity index (χ2n) is 8.50. The number of hydrogen-bond acceptors (Lipinski definition) is 6. The van der Waals surface area contributed by atoms with Gasteiger partial charge in [-0.1, -0.05) is 65.3 Å². The largest absolute Gasteiger partial charge is 0.455 e. The Bertz CT molecular complexity index is 1280. The van der Waals surface area contributed by atoms with E-state index in [1.165, 1.54) is 0 Å². The average Bonchev–Trinajstić information content (AvgIpc) is 3.35. The number of benzene rings is 3. The van der Waals surface area contributed by atoms with E-state index in [4.69, 9.17) is 20.9 Å². The lowest BCUT2D eigenvalue weighted by Gasteiger charge is -2.31. The second kappa shape index (κ2) is 10.7. The number of nitrogens with one attached hydrogen (secondary N) is 1. The molecule has 1 fully saturated rings. The fourth-order valence-corrected chi connectivity index (χ4v) is 4.34. The Morgan fingerprint density at radius 2 is 1.86 bits per heavy atom. The van der Waals surface area contributed by atoms with E-state index >= 15 is 0 Å². The van der Waals surface area contributed by atoms with Crippen molar-refractivity contribution in [1.82, 2.24) is 15.0 Å². The zero-order chi connectivity index (χ0) is 24.0. The molecule has 0 bridgehead atoms. The summed E-state index contributed by atoms with van der Waals surface area (Å²) >= 11 is 6.21. The predicted molar refractivity (Wildman–Crippen MR) is 134 cm³/mol. The van der Waals surface area contributed by atoms with Crippen LogP contribution in [0.1, 0.15) is 18.7 Å². The number of amides is 1. The van der Waals surface area contributed by atoms with Crippen molar-refractivity contribution in [1.29, 1.82) is 0 Å². The van der Waals surface area contributed by atoms with Crippen LogP contribution in [0.2, 0.25) is 5.02 Å². The smallest absolute Gasteiger partial charge is 0.241 e. The molecule has 0 radical (unpaired) electrons. The number of nitrogens with zero attached hydrogens (tertiary/aromatic N) is 3. The van der Waals surface area contributed by atoms with Crippen molar-refractivity contribution in [3.8, 4) is 22.9 Å². The molecule has 1 aromatic heterocycles. The minimum atomic E-state index is -0.177. The lowest BCUT2D eigenvalue weighted by Crippen LogP contribution is -2.40. The summed E-state index contributed by atoms with van der Waals surface area (Å²) in [6, 6.07) is 24.4. The molecule has 5 rings (SSSR count). The molecule has 1 unspecified atom stereocenters. The summed E-state index contributed by atoms with van der Waals surface area (Å²) in [6.07, 6.45) is 1.71. The third-order valence-electron chi connectivity index (χ3n) is 5.91. The van der Waals surface area contributed by atoms with E-state index in [1.54, 1.807) is 18.2 Å².